The Morgan fingerprint density at radius 3 is 2.61 bits per heavy atom. The number of carbonyl (C=O) groups excluding carboxylic acids is 1. The largest absolute Gasteiger partial charge is 0.462 e. The number of hydrogen-bond acceptors (Lipinski definition) is 7. The lowest BCUT2D eigenvalue weighted by molar-refractivity contribution is -0.141. The minimum absolute atomic E-state index is 0.0171. The van der Waals surface area contributed by atoms with Crippen LogP contribution in [0.25, 0.3) is 16.9 Å². The van der Waals surface area contributed by atoms with Gasteiger partial charge < -0.3 is 10.1 Å². The molecule has 3 heterocycles. The van der Waals surface area contributed by atoms with Gasteiger partial charge in [-0.2, -0.15) is 23.3 Å². The SMILES string of the molecule is CCOC(=O)c1cncc(-c2cnc(Nc3ccc(F)c(Cl)c3)nc2-n2nc(C(F)(F)F)cc2C)c1. The molecule has 0 saturated heterocycles. The molecule has 0 spiro atoms. The number of esters is 1. The minimum Gasteiger partial charge on any atom is -0.462 e. The van der Waals surface area contributed by atoms with Crippen molar-refractivity contribution in [1.82, 2.24) is 24.7 Å². The van der Waals surface area contributed by atoms with E-state index >= 15 is 0 Å². The van der Waals surface area contributed by atoms with Crippen molar-refractivity contribution >= 4 is 29.2 Å². The maximum atomic E-state index is 13.5. The number of carbonyl (C=O) groups is 1. The number of alkyl halides is 3. The molecule has 3 aromatic heterocycles. The van der Waals surface area contributed by atoms with E-state index in [2.05, 4.69) is 25.4 Å². The first-order valence-corrected chi connectivity index (χ1v) is 10.8. The molecule has 0 radical (unpaired) electrons. The molecule has 13 heteroatoms. The van der Waals surface area contributed by atoms with Gasteiger partial charge in [0.25, 0.3) is 0 Å². The van der Waals surface area contributed by atoms with E-state index in [4.69, 9.17) is 16.3 Å². The van der Waals surface area contributed by atoms with Crippen LogP contribution in [0.1, 0.15) is 28.7 Å². The van der Waals surface area contributed by atoms with E-state index in [1.807, 2.05) is 0 Å². The first kappa shape index (κ1) is 25.0. The molecule has 0 bridgehead atoms. The highest BCUT2D eigenvalue weighted by Gasteiger charge is 2.35. The molecule has 0 aliphatic carbocycles. The third-order valence-electron chi connectivity index (χ3n) is 4.88. The van der Waals surface area contributed by atoms with Crippen molar-refractivity contribution in [3.05, 3.63) is 76.7 Å². The quantitative estimate of drug-likeness (QED) is 0.255. The van der Waals surface area contributed by atoms with Crippen molar-refractivity contribution in [2.24, 2.45) is 0 Å². The normalized spacial score (nSPS) is 11.4. The second-order valence-electron chi connectivity index (χ2n) is 7.45. The molecule has 186 valence electrons. The van der Waals surface area contributed by atoms with Crippen molar-refractivity contribution in [1.29, 1.82) is 0 Å². The van der Waals surface area contributed by atoms with Crippen LogP contribution in [0, 0.1) is 12.7 Å². The highest BCUT2D eigenvalue weighted by molar-refractivity contribution is 6.31. The molecule has 0 fully saturated rings. The summed E-state index contributed by atoms with van der Waals surface area (Å²) < 4.78 is 59.6. The Morgan fingerprint density at radius 1 is 1.17 bits per heavy atom. The van der Waals surface area contributed by atoms with Gasteiger partial charge in [0, 0.05) is 41.1 Å². The predicted molar refractivity (Wildman–Crippen MR) is 123 cm³/mol. The van der Waals surface area contributed by atoms with Crippen LogP contribution in [0.15, 0.2) is 48.9 Å². The van der Waals surface area contributed by atoms with Crippen LogP contribution in [-0.2, 0) is 10.9 Å². The Balaban J connectivity index is 1.84. The number of aromatic nitrogens is 5. The third kappa shape index (κ3) is 5.28. The average molecular weight is 521 g/mol. The fraction of sp³-hybridized carbons (Fsp3) is 0.174. The zero-order valence-electron chi connectivity index (χ0n) is 18.8. The zero-order valence-corrected chi connectivity index (χ0v) is 19.5. The lowest BCUT2D eigenvalue weighted by atomic mass is 10.1. The van der Waals surface area contributed by atoms with Crippen LogP contribution >= 0.6 is 11.6 Å². The summed E-state index contributed by atoms with van der Waals surface area (Å²) in [5.41, 5.74) is 0.109. The van der Waals surface area contributed by atoms with Crippen molar-refractivity contribution in [3.8, 4) is 16.9 Å². The number of pyridine rings is 1. The number of aryl methyl sites for hydroxylation is 1. The smallest absolute Gasteiger partial charge is 0.435 e. The molecule has 0 aliphatic rings. The molecule has 4 rings (SSSR count). The minimum atomic E-state index is -4.68. The number of halogens is 5. The number of nitrogens with one attached hydrogen (secondary N) is 1. The van der Waals surface area contributed by atoms with E-state index in [9.17, 15) is 22.4 Å². The molecular formula is C23H17ClF4N6O2. The molecule has 1 N–H and O–H groups in total. The van der Waals surface area contributed by atoms with Crippen LogP contribution in [0.4, 0.5) is 29.2 Å². The standard InChI is InChI=1S/C23H17ClF4N6O2/c1-3-36-21(35)14-7-13(9-29-10-14)16-11-30-22(31-15-4-5-18(25)17(24)8-15)32-20(16)34-12(2)6-19(33-34)23(26,27)28/h4-11H,3H2,1-2H3,(H,30,31,32). The summed E-state index contributed by atoms with van der Waals surface area (Å²) in [6.45, 7) is 3.24. The number of ether oxygens (including phenoxy) is 1. The predicted octanol–water partition coefficient (Wildman–Crippen LogP) is 5.76. The van der Waals surface area contributed by atoms with E-state index in [1.165, 1.54) is 43.7 Å². The van der Waals surface area contributed by atoms with Gasteiger partial charge in [-0.05, 0) is 44.2 Å². The van der Waals surface area contributed by atoms with Gasteiger partial charge in [0.15, 0.2) is 11.5 Å². The highest BCUT2D eigenvalue weighted by Crippen LogP contribution is 2.32. The summed E-state index contributed by atoms with van der Waals surface area (Å²) in [5, 5.41) is 6.38. The van der Waals surface area contributed by atoms with Gasteiger partial charge in [-0.25, -0.2) is 18.9 Å². The van der Waals surface area contributed by atoms with Crippen molar-refractivity contribution in [2.75, 3.05) is 11.9 Å². The van der Waals surface area contributed by atoms with Gasteiger partial charge in [-0.3, -0.25) is 4.98 Å². The van der Waals surface area contributed by atoms with Gasteiger partial charge in [0.2, 0.25) is 5.95 Å². The summed E-state index contributed by atoms with van der Waals surface area (Å²) in [7, 11) is 0. The van der Waals surface area contributed by atoms with Crippen LogP contribution in [0.5, 0.6) is 0 Å². The number of rotatable bonds is 6. The molecule has 0 amide bonds. The first-order chi connectivity index (χ1) is 17.1. The van der Waals surface area contributed by atoms with E-state index in [-0.39, 0.29) is 40.2 Å². The topological polar surface area (TPSA) is 94.8 Å². The van der Waals surface area contributed by atoms with Gasteiger partial charge in [-0.1, -0.05) is 11.6 Å². The second-order valence-corrected chi connectivity index (χ2v) is 7.86. The third-order valence-corrected chi connectivity index (χ3v) is 5.17. The fourth-order valence-corrected chi connectivity index (χ4v) is 3.42. The second kappa shape index (κ2) is 9.90. The monoisotopic (exact) mass is 520 g/mol. The summed E-state index contributed by atoms with van der Waals surface area (Å²) in [6, 6.07) is 6.18. The van der Waals surface area contributed by atoms with Gasteiger partial charge in [0.05, 0.1) is 17.2 Å². The molecule has 1 aromatic carbocycles. The van der Waals surface area contributed by atoms with Gasteiger partial charge >= 0.3 is 12.1 Å². The van der Waals surface area contributed by atoms with Gasteiger partial charge in [0.1, 0.15) is 5.82 Å². The van der Waals surface area contributed by atoms with Crippen LogP contribution in [0.3, 0.4) is 0 Å². The van der Waals surface area contributed by atoms with Crippen LogP contribution in [-0.4, -0.2) is 37.3 Å². The molecule has 0 saturated carbocycles. The molecule has 0 atom stereocenters. The number of anilines is 2. The van der Waals surface area contributed by atoms with E-state index in [1.54, 1.807) is 6.92 Å². The average Bonchev–Trinajstić information content (AvgIpc) is 3.24. The Morgan fingerprint density at radius 2 is 1.94 bits per heavy atom. The highest BCUT2D eigenvalue weighted by atomic mass is 35.5. The Hall–Kier alpha value is -4.06. The lowest BCUT2D eigenvalue weighted by Gasteiger charge is -2.13. The summed E-state index contributed by atoms with van der Waals surface area (Å²) >= 11 is 5.82. The zero-order chi connectivity index (χ0) is 26.0. The maximum absolute atomic E-state index is 13.5. The molecule has 36 heavy (non-hydrogen) atoms. The van der Waals surface area contributed by atoms with Crippen molar-refractivity contribution in [2.45, 2.75) is 20.0 Å². The molecule has 0 aliphatic heterocycles. The van der Waals surface area contributed by atoms with Crippen molar-refractivity contribution < 1.29 is 27.1 Å². The van der Waals surface area contributed by atoms with Crippen LogP contribution in [0.2, 0.25) is 5.02 Å². The Bertz CT molecular complexity index is 1440. The molecule has 4 aromatic rings. The Kier molecular flexibility index (Phi) is 6.88. The molecule has 8 nitrogen and oxygen atoms in total. The summed E-state index contributed by atoms with van der Waals surface area (Å²) in [6.07, 6.45) is -0.630. The number of benzene rings is 1. The van der Waals surface area contributed by atoms with Gasteiger partial charge in [-0.15, -0.1) is 0 Å². The lowest BCUT2D eigenvalue weighted by Crippen LogP contribution is -2.11. The summed E-state index contributed by atoms with van der Waals surface area (Å²) in [5.74, 6) is -1.28. The van der Waals surface area contributed by atoms with E-state index < -0.39 is 23.7 Å². The van der Waals surface area contributed by atoms with E-state index in [0.29, 0.717) is 11.3 Å². The number of hydrogen-bond donors (Lipinski definition) is 1. The van der Waals surface area contributed by atoms with Crippen molar-refractivity contribution in [3.63, 3.8) is 0 Å². The fourth-order valence-electron chi connectivity index (χ4n) is 3.24. The van der Waals surface area contributed by atoms with E-state index in [0.717, 1.165) is 16.8 Å². The first-order valence-electron chi connectivity index (χ1n) is 10.4. The molecule has 0 unspecified atom stereocenters. The molecular weight excluding hydrogens is 504 g/mol. The summed E-state index contributed by atoms with van der Waals surface area (Å²) in [4.78, 5) is 24.8. The Labute approximate surface area is 206 Å². The van der Waals surface area contributed by atoms with Crippen LogP contribution < -0.4 is 5.32 Å². The number of nitrogens with zero attached hydrogens (tertiary/aromatic N) is 5. The maximum Gasteiger partial charge on any atom is 0.435 e.